The average Bonchev–Trinajstić information content (AvgIpc) is 2.70. The monoisotopic (exact) mass is 462 g/mol. The summed E-state index contributed by atoms with van der Waals surface area (Å²) in [5.74, 6) is -0.942. The molecule has 0 aliphatic carbocycles. The maximum Gasteiger partial charge on any atom is 0.419 e. The summed E-state index contributed by atoms with van der Waals surface area (Å²) in [5.41, 5.74) is -2.16. The first-order valence-corrected chi connectivity index (χ1v) is 7.91. The first-order valence-electron chi connectivity index (χ1n) is 6.01. The molecule has 1 nitrogen and oxygen atoms in total. The van der Waals surface area contributed by atoms with Crippen molar-refractivity contribution in [2.45, 2.75) is 12.4 Å². The number of phenolic OH excluding ortho intramolecular Hbond substituents is 1. The van der Waals surface area contributed by atoms with Crippen LogP contribution in [0.5, 0.6) is 5.75 Å². The van der Waals surface area contributed by atoms with Crippen LogP contribution in [0.1, 0.15) is 11.1 Å². The highest BCUT2D eigenvalue weighted by Crippen LogP contribution is 2.45. The Kier molecular flexibility index (Phi) is 3.71. The van der Waals surface area contributed by atoms with Gasteiger partial charge in [-0.2, -0.15) is 26.3 Å². The minimum absolute atomic E-state index is 0.0329. The number of hydrogen-bond donors (Lipinski definition) is 1. The number of fused-ring (bicyclic) bond motifs is 3. The molecule has 0 fully saturated rings. The second kappa shape index (κ2) is 5.13. The largest absolute Gasteiger partial charge is 0.507 e. The summed E-state index contributed by atoms with van der Waals surface area (Å²) in [6.45, 7) is 0. The molecule has 0 spiro atoms. The van der Waals surface area contributed by atoms with Gasteiger partial charge in [-0.3, -0.25) is 0 Å². The van der Waals surface area contributed by atoms with E-state index in [9.17, 15) is 31.4 Å². The highest BCUT2D eigenvalue weighted by atomic mass is 127. The number of thiophene rings is 1. The van der Waals surface area contributed by atoms with Gasteiger partial charge in [0.25, 0.3) is 0 Å². The van der Waals surface area contributed by atoms with Gasteiger partial charge in [-0.15, -0.1) is 11.3 Å². The molecule has 0 amide bonds. The molecule has 1 N–H and O–H groups in total. The minimum Gasteiger partial charge on any atom is -0.507 e. The molecule has 9 heteroatoms. The summed E-state index contributed by atoms with van der Waals surface area (Å²) in [7, 11) is 0. The van der Waals surface area contributed by atoms with Crippen molar-refractivity contribution in [2.24, 2.45) is 0 Å². The van der Waals surface area contributed by atoms with E-state index in [1.165, 1.54) is 6.07 Å². The Morgan fingerprint density at radius 1 is 0.783 bits per heavy atom. The lowest BCUT2D eigenvalue weighted by Crippen LogP contribution is -2.07. The summed E-state index contributed by atoms with van der Waals surface area (Å²) in [4.78, 5) is 0. The van der Waals surface area contributed by atoms with Crippen LogP contribution >= 0.6 is 33.9 Å². The number of hydrogen-bond acceptors (Lipinski definition) is 2. The molecule has 0 saturated carbocycles. The van der Waals surface area contributed by atoms with Gasteiger partial charge >= 0.3 is 12.4 Å². The third-order valence-electron chi connectivity index (χ3n) is 3.29. The van der Waals surface area contributed by atoms with E-state index in [1.807, 2.05) is 0 Å². The molecule has 0 saturated heterocycles. The summed E-state index contributed by atoms with van der Waals surface area (Å²) in [6.07, 6.45) is -9.38. The van der Waals surface area contributed by atoms with Crippen LogP contribution in [0.25, 0.3) is 20.2 Å². The van der Waals surface area contributed by atoms with E-state index in [2.05, 4.69) is 0 Å². The van der Waals surface area contributed by atoms with Crippen molar-refractivity contribution in [2.75, 3.05) is 0 Å². The van der Waals surface area contributed by atoms with Gasteiger partial charge in [0.05, 0.1) is 11.1 Å². The molecular weight excluding hydrogens is 457 g/mol. The first kappa shape index (κ1) is 16.6. The lowest BCUT2D eigenvalue weighted by atomic mass is 10.1. The number of phenols is 1. The molecule has 23 heavy (non-hydrogen) atoms. The second-order valence-corrected chi connectivity index (χ2v) is 7.04. The molecule has 0 aliphatic heterocycles. The summed E-state index contributed by atoms with van der Waals surface area (Å²) < 4.78 is 78.3. The van der Waals surface area contributed by atoms with Crippen LogP contribution in [0.3, 0.4) is 0 Å². The normalized spacial score (nSPS) is 13.2. The Labute approximate surface area is 142 Å². The van der Waals surface area contributed by atoms with E-state index < -0.39 is 29.2 Å². The molecule has 0 unspecified atom stereocenters. The van der Waals surface area contributed by atoms with Gasteiger partial charge in [0.15, 0.2) is 0 Å². The topological polar surface area (TPSA) is 20.2 Å². The summed E-state index contributed by atoms with van der Waals surface area (Å²) in [5, 5.41) is 9.64. The second-order valence-electron chi connectivity index (χ2n) is 4.79. The van der Waals surface area contributed by atoms with E-state index in [4.69, 9.17) is 0 Å². The van der Waals surface area contributed by atoms with E-state index in [0.29, 0.717) is 15.5 Å². The average molecular weight is 462 g/mol. The molecule has 1 heterocycles. The van der Waals surface area contributed by atoms with Crippen LogP contribution in [-0.4, -0.2) is 5.11 Å². The molecule has 2 aromatic carbocycles. The molecule has 0 aliphatic rings. The number of aromatic hydroxyl groups is 1. The number of halogens is 7. The van der Waals surface area contributed by atoms with E-state index in [-0.39, 0.29) is 14.3 Å². The van der Waals surface area contributed by atoms with Crippen LogP contribution < -0.4 is 0 Å². The number of benzene rings is 2. The molecule has 1 aromatic heterocycles. The van der Waals surface area contributed by atoms with Gasteiger partial charge in [0.2, 0.25) is 0 Å². The Bertz CT molecular complexity index is 851. The molecule has 122 valence electrons. The highest BCUT2D eigenvalue weighted by molar-refractivity contribution is 14.1. The molecule has 0 atom stereocenters. The summed E-state index contributed by atoms with van der Waals surface area (Å²) >= 11 is 2.57. The Balaban J connectivity index is 2.40. The quantitative estimate of drug-likeness (QED) is 0.303. The SMILES string of the molecule is Oc1cc2sc3cc(I)c(C(F)(F)F)cc3c2cc1C(F)(F)F. The van der Waals surface area contributed by atoms with Crippen molar-refractivity contribution in [1.82, 2.24) is 0 Å². The lowest BCUT2D eigenvalue weighted by Gasteiger charge is -2.10. The van der Waals surface area contributed by atoms with E-state index in [0.717, 1.165) is 23.5 Å². The summed E-state index contributed by atoms with van der Waals surface area (Å²) in [6, 6.07) is 3.76. The zero-order chi connectivity index (χ0) is 17.2. The maximum atomic E-state index is 13.0. The molecular formula is C14H5F6IOS. The van der Waals surface area contributed by atoms with Crippen molar-refractivity contribution < 1.29 is 31.4 Å². The fourth-order valence-electron chi connectivity index (χ4n) is 2.28. The minimum atomic E-state index is -4.79. The van der Waals surface area contributed by atoms with Crippen LogP contribution in [-0.2, 0) is 12.4 Å². The predicted molar refractivity (Wildman–Crippen MR) is 83.7 cm³/mol. The van der Waals surface area contributed by atoms with Gasteiger partial charge in [-0.25, -0.2) is 0 Å². The van der Waals surface area contributed by atoms with Gasteiger partial charge in [-0.1, -0.05) is 0 Å². The number of rotatable bonds is 0. The lowest BCUT2D eigenvalue weighted by molar-refractivity contribution is -0.139. The van der Waals surface area contributed by atoms with Crippen molar-refractivity contribution in [1.29, 1.82) is 0 Å². The van der Waals surface area contributed by atoms with Gasteiger partial charge in [0, 0.05) is 23.7 Å². The van der Waals surface area contributed by atoms with E-state index in [1.54, 1.807) is 22.6 Å². The Morgan fingerprint density at radius 2 is 1.26 bits per heavy atom. The molecule has 0 radical (unpaired) electrons. The van der Waals surface area contributed by atoms with Gasteiger partial charge in [0.1, 0.15) is 5.75 Å². The zero-order valence-corrected chi connectivity index (χ0v) is 13.8. The van der Waals surface area contributed by atoms with Crippen LogP contribution in [0, 0.1) is 3.57 Å². The smallest absolute Gasteiger partial charge is 0.419 e. The van der Waals surface area contributed by atoms with Crippen molar-refractivity contribution in [3.8, 4) is 5.75 Å². The fraction of sp³-hybridized carbons (Fsp3) is 0.143. The van der Waals surface area contributed by atoms with E-state index >= 15 is 0 Å². The predicted octanol–water partition coefficient (Wildman–Crippen LogP) is 6.40. The first-order chi connectivity index (χ1) is 10.5. The Morgan fingerprint density at radius 3 is 1.78 bits per heavy atom. The molecule has 3 rings (SSSR count). The van der Waals surface area contributed by atoms with Crippen molar-refractivity contribution >= 4 is 54.1 Å². The van der Waals surface area contributed by atoms with Crippen molar-refractivity contribution in [3.63, 3.8) is 0 Å². The third kappa shape index (κ3) is 2.84. The zero-order valence-electron chi connectivity index (χ0n) is 10.8. The third-order valence-corrected chi connectivity index (χ3v) is 5.30. The van der Waals surface area contributed by atoms with Crippen LogP contribution in [0.4, 0.5) is 26.3 Å². The molecule has 3 aromatic rings. The molecule has 0 bridgehead atoms. The van der Waals surface area contributed by atoms with Crippen molar-refractivity contribution in [3.05, 3.63) is 39.0 Å². The van der Waals surface area contributed by atoms with Crippen LogP contribution in [0.2, 0.25) is 0 Å². The number of alkyl halides is 6. The maximum absolute atomic E-state index is 13.0. The van der Waals surface area contributed by atoms with Gasteiger partial charge in [-0.05, 0) is 46.9 Å². The standard InChI is InChI=1S/C14H5F6IOS/c15-13(16,17)7-1-5-6-2-8(14(18,19)20)10(22)4-12(6)23-11(5)3-9(7)21/h1-4,22H. The van der Waals surface area contributed by atoms with Gasteiger partial charge < -0.3 is 5.11 Å². The Hall–Kier alpha value is -1.23. The van der Waals surface area contributed by atoms with Crippen LogP contribution in [0.15, 0.2) is 24.3 Å². The highest BCUT2D eigenvalue weighted by Gasteiger charge is 2.36. The fourth-order valence-corrected chi connectivity index (χ4v) is 4.40.